The number of hydrogen-bond donors (Lipinski definition) is 2. The highest BCUT2D eigenvalue weighted by molar-refractivity contribution is 6.30. The van der Waals surface area contributed by atoms with Crippen molar-refractivity contribution in [3.05, 3.63) is 40.2 Å². The molecule has 106 valence electrons. The van der Waals surface area contributed by atoms with Gasteiger partial charge in [0.2, 0.25) is 5.91 Å². The standard InChI is InChI=1S/C14H14ClFN2O2/c15-8-5-6-12(11(16)7-8)18-14(20)10-4-2-1-3-9(10)13(17)19/h5-7H,1-4H2,(H2,17,19)(H,18,20). The summed E-state index contributed by atoms with van der Waals surface area (Å²) in [6.45, 7) is 0. The summed E-state index contributed by atoms with van der Waals surface area (Å²) in [6, 6.07) is 3.97. The van der Waals surface area contributed by atoms with Crippen LogP contribution in [-0.2, 0) is 9.59 Å². The van der Waals surface area contributed by atoms with E-state index < -0.39 is 17.6 Å². The van der Waals surface area contributed by atoms with Crippen molar-refractivity contribution in [2.75, 3.05) is 5.32 Å². The van der Waals surface area contributed by atoms with Crippen LogP contribution in [0.2, 0.25) is 5.02 Å². The number of benzene rings is 1. The van der Waals surface area contributed by atoms with Gasteiger partial charge in [-0.1, -0.05) is 11.6 Å². The topological polar surface area (TPSA) is 72.2 Å². The quantitative estimate of drug-likeness (QED) is 0.900. The van der Waals surface area contributed by atoms with Crippen molar-refractivity contribution in [2.24, 2.45) is 5.73 Å². The molecule has 1 aliphatic carbocycles. The maximum Gasteiger partial charge on any atom is 0.252 e. The van der Waals surface area contributed by atoms with Crippen LogP contribution in [0.25, 0.3) is 0 Å². The van der Waals surface area contributed by atoms with Crippen LogP contribution in [0.1, 0.15) is 25.7 Å². The Kier molecular flexibility index (Phi) is 4.39. The van der Waals surface area contributed by atoms with Gasteiger partial charge < -0.3 is 11.1 Å². The van der Waals surface area contributed by atoms with Crippen LogP contribution in [-0.4, -0.2) is 11.8 Å². The zero-order chi connectivity index (χ0) is 14.7. The van der Waals surface area contributed by atoms with Crippen LogP contribution in [0.5, 0.6) is 0 Å². The lowest BCUT2D eigenvalue weighted by Crippen LogP contribution is -2.25. The van der Waals surface area contributed by atoms with Crippen LogP contribution in [0.4, 0.5) is 10.1 Å². The van der Waals surface area contributed by atoms with Crippen molar-refractivity contribution in [1.29, 1.82) is 0 Å². The lowest BCUT2D eigenvalue weighted by Gasteiger charge is -2.18. The van der Waals surface area contributed by atoms with Gasteiger partial charge in [-0.3, -0.25) is 9.59 Å². The number of hydrogen-bond acceptors (Lipinski definition) is 2. The van der Waals surface area contributed by atoms with Gasteiger partial charge in [0.15, 0.2) is 0 Å². The Morgan fingerprint density at radius 3 is 2.45 bits per heavy atom. The van der Waals surface area contributed by atoms with Crippen LogP contribution in [0.3, 0.4) is 0 Å². The number of nitrogens with two attached hydrogens (primary N) is 1. The van der Waals surface area contributed by atoms with E-state index in [4.69, 9.17) is 17.3 Å². The van der Waals surface area contributed by atoms with Crippen molar-refractivity contribution in [3.8, 4) is 0 Å². The first-order valence-electron chi connectivity index (χ1n) is 6.27. The van der Waals surface area contributed by atoms with Crippen molar-refractivity contribution in [3.63, 3.8) is 0 Å². The minimum absolute atomic E-state index is 0.0290. The maximum absolute atomic E-state index is 13.6. The Balaban J connectivity index is 2.24. The van der Waals surface area contributed by atoms with E-state index in [0.29, 0.717) is 24.0 Å². The van der Waals surface area contributed by atoms with Gasteiger partial charge in [-0.2, -0.15) is 0 Å². The Hall–Kier alpha value is -1.88. The molecular formula is C14H14ClFN2O2. The highest BCUT2D eigenvalue weighted by atomic mass is 35.5. The minimum Gasteiger partial charge on any atom is -0.366 e. The van der Waals surface area contributed by atoms with Gasteiger partial charge in [-0.25, -0.2) is 4.39 Å². The van der Waals surface area contributed by atoms with Gasteiger partial charge in [0.25, 0.3) is 5.91 Å². The fraction of sp³-hybridized carbons (Fsp3) is 0.286. The average molecular weight is 297 g/mol. The van der Waals surface area contributed by atoms with E-state index in [1.165, 1.54) is 12.1 Å². The summed E-state index contributed by atoms with van der Waals surface area (Å²) in [5.74, 6) is -1.70. The summed E-state index contributed by atoms with van der Waals surface area (Å²) in [5, 5.41) is 2.70. The molecule has 0 radical (unpaired) electrons. The van der Waals surface area contributed by atoms with Crippen LogP contribution in [0.15, 0.2) is 29.3 Å². The molecule has 1 aromatic rings. The lowest BCUT2D eigenvalue weighted by molar-refractivity contribution is -0.116. The molecule has 2 rings (SSSR count). The van der Waals surface area contributed by atoms with E-state index in [0.717, 1.165) is 18.9 Å². The number of carbonyl (C=O) groups excluding carboxylic acids is 2. The molecular weight excluding hydrogens is 283 g/mol. The number of amides is 2. The first kappa shape index (κ1) is 14.5. The molecule has 20 heavy (non-hydrogen) atoms. The van der Waals surface area contributed by atoms with E-state index >= 15 is 0 Å². The minimum atomic E-state index is -0.622. The van der Waals surface area contributed by atoms with E-state index in [2.05, 4.69) is 5.32 Å². The first-order chi connectivity index (χ1) is 9.49. The van der Waals surface area contributed by atoms with Gasteiger partial charge in [0, 0.05) is 16.2 Å². The molecule has 0 aromatic heterocycles. The normalized spacial score (nSPS) is 15.1. The zero-order valence-corrected chi connectivity index (χ0v) is 11.5. The number of carbonyl (C=O) groups is 2. The number of halogens is 2. The fourth-order valence-electron chi connectivity index (χ4n) is 2.22. The van der Waals surface area contributed by atoms with Crippen molar-refractivity contribution in [2.45, 2.75) is 25.7 Å². The largest absolute Gasteiger partial charge is 0.366 e. The molecule has 1 aliphatic rings. The molecule has 0 saturated carbocycles. The van der Waals surface area contributed by atoms with E-state index in [1.807, 2.05) is 0 Å². The summed E-state index contributed by atoms with van der Waals surface area (Å²) in [7, 11) is 0. The van der Waals surface area contributed by atoms with Crippen molar-refractivity contribution in [1.82, 2.24) is 0 Å². The van der Waals surface area contributed by atoms with Gasteiger partial charge in [0.1, 0.15) is 5.82 Å². The number of primary amides is 1. The molecule has 0 heterocycles. The summed E-state index contributed by atoms with van der Waals surface area (Å²) < 4.78 is 13.6. The highest BCUT2D eigenvalue weighted by Gasteiger charge is 2.22. The molecule has 0 fully saturated rings. The third-order valence-electron chi connectivity index (χ3n) is 3.22. The number of nitrogens with one attached hydrogen (secondary N) is 1. The van der Waals surface area contributed by atoms with Crippen molar-refractivity contribution < 1.29 is 14.0 Å². The fourth-order valence-corrected chi connectivity index (χ4v) is 2.38. The third kappa shape index (κ3) is 3.17. The van der Waals surface area contributed by atoms with E-state index in [1.54, 1.807) is 0 Å². The SMILES string of the molecule is NC(=O)C1=C(C(=O)Nc2ccc(Cl)cc2F)CCCC1. The van der Waals surface area contributed by atoms with Gasteiger partial charge in [-0.15, -0.1) is 0 Å². The second-order valence-electron chi connectivity index (χ2n) is 4.61. The summed E-state index contributed by atoms with van der Waals surface area (Å²) >= 11 is 5.64. The van der Waals surface area contributed by atoms with Gasteiger partial charge in [-0.05, 0) is 43.9 Å². The highest BCUT2D eigenvalue weighted by Crippen LogP contribution is 2.26. The maximum atomic E-state index is 13.6. The zero-order valence-electron chi connectivity index (χ0n) is 10.7. The molecule has 0 bridgehead atoms. The van der Waals surface area contributed by atoms with Gasteiger partial charge >= 0.3 is 0 Å². The Labute approximate surface area is 120 Å². The third-order valence-corrected chi connectivity index (χ3v) is 3.45. The molecule has 1 aromatic carbocycles. The molecule has 0 aliphatic heterocycles. The predicted molar refractivity (Wildman–Crippen MR) is 74.7 cm³/mol. The van der Waals surface area contributed by atoms with Crippen LogP contribution < -0.4 is 11.1 Å². The second kappa shape index (κ2) is 6.05. The molecule has 3 N–H and O–H groups in total. The summed E-state index contributed by atoms with van der Waals surface area (Å²) in [5.41, 5.74) is 5.98. The Bertz CT molecular complexity index is 599. The first-order valence-corrected chi connectivity index (χ1v) is 6.65. The Morgan fingerprint density at radius 1 is 1.20 bits per heavy atom. The molecule has 0 unspecified atom stereocenters. The smallest absolute Gasteiger partial charge is 0.252 e. The summed E-state index contributed by atoms with van der Waals surface area (Å²) in [4.78, 5) is 23.5. The van der Waals surface area contributed by atoms with Crippen LogP contribution >= 0.6 is 11.6 Å². The predicted octanol–water partition coefficient (Wildman–Crippen LogP) is 2.77. The lowest BCUT2D eigenvalue weighted by atomic mass is 9.90. The molecule has 6 heteroatoms. The van der Waals surface area contributed by atoms with E-state index in [9.17, 15) is 14.0 Å². The second-order valence-corrected chi connectivity index (χ2v) is 5.04. The number of anilines is 1. The molecule has 2 amide bonds. The average Bonchev–Trinajstić information content (AvgIpc) is 2.41. The monoisotopic (exact) mass is 296 g/mol. The van der Waals surface area contributed by atoms with Crippen molar-refractivity contribution >= 4 is 29.1 Å². The number of rotatable bonds is 3. The summed E-state index contributed by atoms with van der Waals surface area (Å²) in [6.07, 6.45) is 2.59. The Morgan fingerprint density at radius 2 is 1.85 bits per heavy atom. The molecule has 0 spiro atoms. The van der Waals surface area contributed by atoms with E-state index in [-0.39, 0.29) is 10.7 Å². The van der Waals surface area contributed by atoms with Crippen LogP contribution in [0, 0.1) is 5.82 Å². The molecule has 0 atom stereocenters. The molecule has 4 nitrogen and oxygen atoms in total. The van der Waals surface area contributed by atoms with Gasteiger partial charge in [0.05, 0.1) is 5.69 Å². The molecule has 0 saturated heterocycles.